The van der Waals surface area contributed by atoms with Crippen molar-refractivity contribution in [2.75, 3.05) is 33.3 Å². The van der Waals surface area contributed by atoms with Gasteiger partial charge in [-0.2, -0.15) is 5.06 Å². The van der Waals surface area contributed by atoms with E-state index in [0.29, 0.717) is 26.2 Å². The number of benzene rings is 1. The van der Waals surface area contributed by atoms with E-state index < -0.39 is 5.92 Å². The third-order valence-electron chi connectivity index (χ3n) is 4.44. The second-order valence-corrected chi connectivity index (χ2v) is 6.80. The van der Waals surface area contributed by atoms with Crippen molar-refractivity contribution in [1.29, 1.82) is 0 Å². The summed E-state index contributed by atoms with van der Waals surface area (Å²) in [5.41, 5.74) is 2.84. The minimum Gasteiger partial charge on any atom is -0.302 e. The maximum atomic E-state index is 12.9. The zero-order valence-electron chi connectivity index (χ0n) is 13.5. The number of hydrogen-bond acceptors (Lipinski definition) is 4. The SMILES string of the molecule is CON1CCN2C(=O)C(c3c(C)cc(C)cc3Br)C(=O)N2CC1. The highest BCUT2D eigenvalue weighted by atomic mass is 79.9. The monoisotopic (exact) mass is 381 g/mol. The molecule has 2 aliphatic heterocycles. The molecule has 7 heteroatoms. The molecule has 0 radical (unpaired) electrons. The van der Waals surface area contributed by atoms with E-state index in [0.717, 1.165) is 21.2 Å². The first-order valence-electron chi connectivity index (χ1n) is 7.62. The molecule has 23 heavy (non-hydrogen) atoms. The third kappa shape index (κ3) is 2.77. The fraction of sp³-hybridized carbons (Fsp3) is 0.500. The Morgan fingerprint density at radius 3 is 2.09 bits per heavy atom. The minimum atomic E-state index is -0.751. The van der Waals surface area contributed by atoms with Crippen LogP contribution in [0, 0.1) is 13.8 Å². The van der Waals surface area contributed by atoms with Crippen LogP contribution in [0.15, 0.2) is 16.6 Å². The summed E-state index contributed by atoms with van der Waals surface area (Å²) in [6, 6.07) is 3.96. The van der Waals surface area contributed by atoms with Crippen LogP contribution in [0.4, 0.5) is 0 Å². The van der Waals surface area contributed by atoms with Gasteiger partial charge in [-0.3, -0.25) is 9.59 Å². The molecular weight excluding hydrogens is 362 g/mol. The Labute approximate surface area is 144 Å². The average molecular weight is 382 g/mol. The number of nitrogens with zero attached hydrogens (tertiary/aromatic N) is 3. The molecule has 0 bridgehead atoms. The largest absolute Gasteiger partial charge is 0.302 e. The second-order valence-electron chi connectivity index (χ2n) is 5.94. The highest BCUT2D eigenvalue weighted by Gasteiger charge is 2.48. The molecule has 1 aromatic carbocycles. The number of fused-ring (bicyclic) bond motifs is 1. The van der Waals surface area contributed by atoms with E-state index in [4.69, 9.17) is 4.84 Å². The van der Waals surface area contributed by atoms with Crippen LogP contribution >= 0.6 is 15.9 Å². The zero-order valence-corrected chi connectivity index (χ0v) is 15.1. The molecule has 2 aliphatic rings. The number of carbonyl (C=O) groups excluding carboxylic acids is 2. The lowest BCUT2D eigenvalue weighted by molar-refractivity contribution is -0.145. The van der Waals surface area contributed by atoms with E-state index in [2.05, 4.69) is 15.9 Å². The normalized spacial score (nSPS) is 20.2. The standard InChI is InChI=1S/C16H20BrN3O3/c1-10-8-11(2)13(12(17)9-10)14-15(21)19-6-4-18(23-3)5-7-20(19)16(14)22/h8-9,14H,4-7H2,1-3H3. The first-order chi connectivity index (χ1) is 10.9. The van der Waals surface area contributed by atoms with Crippen LogP contribution in [0.2, 0.25) is 0 Å². The minimum absolute atomic E-state index is 0.152. The van der Waals surface area contributed by atoms with Gasteiger partial charge in [-0.1, -0.05) is 22.0 Å². The summed E-state index contributed by atoms with van der Waals surface area (Å²) in [6.07, 6.45) is 0. The van der Waals surface area contributed by atoms with Gasteiger partial charge in [0.25, 0.3) is 11.8 Å². The van der Waals surface area contributed by atoms with Gasteiger partial charge in [0.15, 0.2) is 0 Å². The number of amides is 2. The van der Waals surface area contributed by atoms with Crippen molar-refractivity contribution in [3.05, 3.63) is 33.3 Å². The number of halogens is 1. The summed E-state index contributed by atoms with van der Waals surface area (Å²) < 4.78 is 0.819. The Balaban J connectivity index is 1.95. The smallest absolute Gasteiger partial charge is 0.258 e. The van der Waals surface area contributed by atoms with Crippen molar-refractivity contribution in [1.82, 2.24) is 15.1 Å². The summed E-state index contributed by atoms with van der Waals surface area (Å²) >= 11 is 3.53. The highest BCUT2D eigenvalue weighted by Crippen LogP contribution is 2.36. The van der Waals surface area contributed by atoms with Gasteiger partial charge in [0.1, 0.15) is 5.92 Å². The number of aryl methyl sites for hydroxylation is 2. The number of hydrogen-bond donors (Lipinski definition) is 0. The number of rotatable bonds is 2. The molecule has 2 heterocycles. The molecular formula is C16H20BrN3O3. The molecule has 0 saturated carbocycles. The number of hydroxylamine groups is 2. The van der Waals surface area contributed by atoms with Crippen molar-refractivity contribution in [3.63, 3.8) is 0 Å². The van der Waals surface area contributed by atoms with Gasteiger partial charge in [-0.15, -0.1) is 0 Å². The van der Waals surface area contributed by atoms with E-state index in [1.807, 2.05) is 26.0 Å². The van der Waals surface area contributed by atoms with Crippen LogP contribution in [-0.4, -0.2) is 60.2 Å². The maximum Gasteiger partial charge on any atom is 0.258 e. The molecule has 124 valence electrons. The van der Waals surface area contributed by atoms with Crippen molar-refractivity contribution >= 4 is 27.7 Å². The summed E-state index contributed by atoms with van der Waals surface area (Å²) in [7, 11) is 1.60. The number of hydrazine groups is 1. The summed E-state index contributed by atoms with van der Waals surface area (Å²) in [5.74, 6) is -1.06. The Kier molecular flexibility index (Phi) is 4.44. The van der Waals surface area contributed by atoms with Crippen molar-refractivity contribution in [2.45, 2.75) is 19.8 Å². The van der Waals surface area contributed by atoms with Crippen molar-refractivity contribution < 1.29 is 14.4 Å². The predicted octanol–water partition coefficient (Wildman–Crippen LogP) is 1.61. The molecule has 0 N–H and O–H groups in total. The molecule has 2 amide bonds. The van der Waals surface area contributed by atoms with Crippen LogP contribution in [0.3, 0.4) is 0 Å². The first-order valence-corrected chi connectivity index (χ1v) is 8.41. The molecule has 0 aliphatic carbocycles. The van der Waals surface area contributed by atoms with Gasteiger partial charge in [0, 0.05) is 17.6 Å². The number of carbonyl (C=O) groups is 2. The summed E-state index contributed by atoms with van der Waals surface area (Å²) in [5, 5.41) is 4.90. The van der Waals surface area contributed by atoms with E-state index in [1.165, 1.54) is 0 Å². The molecule has 3 rings (SSSR count). The van der Waals surface area contributed by atoms with Gasteiger partial charge in [0.05, 0.1) is 20.2 Å². The van der Waals surface area contributed by atoms with Gasteiger partial charge in [-0.05, 0) is 36.6 Å². The van der Waals surface area contributed by atoms with Gasteiger partial charge >= 0.3 is 0 Å². The van der Waals surface area contributed by atoms with E-state index in [-0.39, 0.29) is 11.8 Å². The van der Waals surface area contributed by atoms with Gasteiger partial charge in [0.2, 0.25) is 0 Å². The average Bonchev–Trinajstić information content (AvgIpc) is 2.67. The highest BCUT2D eigenvalue weighted by molar-refractivity contribution is 9.10. The fourth-order valence-electron chi connectivity index (χ4n) is 3.35. The molecule has 0 spiro atoms. The molecule has 2 fully saturated rings. The summed E-state index contributed by atoms with van der Waals surface area (Å²) in [6.45, 7) is 6.03. The maximum absolute atomic E-state index is 12.9. The molecule has 6 nitrogen and oxygen atoms in total. The summed E-state index contributed by atoms with van der Waals surface area (Å²) in [4.78, 5) is 31.0. The Hall–Kier alpha value is -1.44. The van der Waals surface area contributed by atoms with Gasteiger partial charge in [-0.25, -0.2) is 10.0 Å². The van der Waals surface area contributed by atoms with Crippen molar-refractivity contribution in [2.24, 2.45) is 0 Å². The topological polar surface area (TPSA) is 53.1 Å². The lowest BCUT2D eigenvalue weighted by Crippen LogP contribution is -2.41. The van der Waals surface area contributed by atoms with Crippen molar-refractivity contribution in [3.8, 4) is 0 Å². The Morgan fingerprint density at radius 2 is 1.61 bits per heavy atom. The van der Waals surface area contributed by atoms with Crippen LogP contribution in [0.1, 0.15) is 22.6 Å². The van der Waals surface area contributed by atoms with Crippen LogP contribution in [0.25, 0.3) is 0 Å². The van der Waals surface area contributed by atoms with Crippen LogP contribution in [-0.2, 0) is 14.4 Å². The Bertz CT molecular complexity index is 615. The van der Waals surface area contributed by atoms with Gasteiger partial charge < -0.3 is 4.84 Å². The van der Waals surface area contributed by atoms with Crippen LogP contribution in [0.5, 0.6) is 0 Å². The fourth-order valence-corrected chi connectivity index (χ4v) is 4.25. The zero-order chi connectivity index (χ0) is 16.7. The van der Waals surface area contributed by atoms with Crippen LogP contribution < -0.4 is 0 Å². The Morgan fingerprint density at radius 1 is 1.04 bits per heavy atom. The molecule has 0 aromatic heterocycles. The van der Waals surface area contributed by atoms with E-state index in [1.54, 1.807) is 22.2 Å². The molecule has 0 unspecified atom stereocenters. The quantitative estimate of drug-likeness (QED) is 0.730. The first kappa shape index (κ1) is 16.4. The lowest BCUT2D eigenvalue weighted by Gasteiger charge is -2.23. The lowest BCUT2D eigenvalue weighted by atomic mass is 9.93. The van der Waals surface area contributed by atoms with E-state index >= 15 is 0 Å². The second kappa shape index (κ2) is 6.22. The predicted molar refractivity (Wildman–Crippen MR) is 88.4 cm³/mol. The third-order valence-corrected chi connectivity index (χ3v) is 5.10. The van der Waals surface area contributed by atoms with E-state index in [9.17, 15) is 9.59 Å². The molecule has 2 saturated heterocycles. The molecule has 0 atom stereocenters. The molecule has 1 aromatic rings.